The summed E-state index contributed by atoms with van der Waals surface area (Å²) in [5.41, 5.74) is 6.48. The van der Waals surface area contributed by atoms with E-state index in [1.807, 2.05) is 48.5 Å². The lowest BCUT2D eigenvalue weighted by molar-refractivity contribution is -0.139. The van der Waals surface area contributed by atoms with E-state index in [-0.39, 0.29) is 18.9 Å². The number of benzene rings is 3. The normalized spacial score (nSPS) is 15.5. The zero-order valence-electron chi connectivity index (χ0n) is 18.9. The first-order chi connectivity index (χ1) is 16.6. The molecule has 1 fully saturated rings. The Balaban J connectivity index is 1.26. The van der Waals surface area contributed by atoms with Gasteiger partial charge in [-0.3, -0.25) is 0 Å². The molecule has 6 nitrogen and oxygen atoms in total. The number of hydrogen-bond donors (Lipinski definition) is 2. The van der Waals surface area contributed by atoms with Gasteiger partial charge in [0.2, 0.25) is 0 Å². The number of hydrogen-bond acceptors (Lipinski definition) is 4. The molecule has 1 amide bonds. The molecule has 1 atom stereocenters. The molecule has 1 unspecified atom stereocenters. The van der Waals surface area contributed by atoms with Gasteiger partial charge in [0.05, 0.1) is 0 Å². The summed E-state index contributed by atoms with van der Waals surface area (Å²) in [5.74, 6) is -1.15. The largest absolute Gasteiger partial charge is 0.480 e. The zero-order valence-corrected chi connectivity index (χ0v) is 18.9. The highest BCUT2D eigenvalue weighted by Crippen LogP contribution is 2.44. The van der Waals surface area contributed by atoms with E-state index >= 15 is 0 Å². The second-order valence-electron chi connectivity index (χ2n) is 8.89. The lowest BCUT2D eigenvalue weighted by Crippen LogP contribution is -2.43. The topological polar surface area (TPSA) is 78.9 Å². The van der Waals surface area contributed by atoms with Gasteiger partial charge in [-0.05, 0) is 46.7 Å². The monoisotopic (exact) mass is 456 g/mol. The Morgan fingerprint density at radius 1 is 0.912 bits per heavy atom. The Bertz CT molecular complexity index is 1160. The predicted octanol–water partition coefficient (Wildman–Crippen LogP) is 4.82. The number of fused-ring (bicyclic) bond motifs is 3. The molecule has 1 aliphatic heterocycles. The number of carbonyl (C=O) groups excluding carboxylic acids is 1. The molecule has 3 aromatic carbocycles. The van der Waals surface area contributed by atoms with Crippen LogP contribution in [0.15, 0.2) is 72.8 Å². The van der Waals surface area contributed by atoms with Crippen LogP contribution in [0.3, 0.4) is 0 Å². The number of nitrogens with zero attached hydrogens (tertiary/aromatic N) is 1. The Morgan fingerprint density at radius 3 is 2.15 bits per heavy atom. The number of para-hydroxylation sites is 1. The van der Waals surface area contributed by atoms with Crippen molar-refractivity contribution in [2.24, 2.45) is 0 Å². The lowest BCUT2D eigenvalue weighted by atomic mass is 9.98. The molecule has 1 heterocycles. The van der Waals surface area contributed by atoms with Crippen molar-refractivity contribution in [3.63, 3.8) is 0 Å². The molecule has 0 spiro atoms. The van der Waals surface area contributed by atoms with Gasteiger partial charge < -0.3 is 20.1 Å². The van der Waals surface area contributed by atoms with Gasteiger partial charge in [-0.15, -0.1) is 0 Å². The minimum absolute atomic E-state index is 0.0719. The standard InChI is InChI=1S/C28H28N2O4/c31-27(32)25(17-19-9-1-6-14-26(19)30-15-7-8-16-30)29-28(33)34-18-24-22-12-4-2-10-20(22)21-11-3-5-13-23(21)24/h1-6,9-14,24-25H,7-8,15-18H2,(H,29,33)(H,31,32). The van der Waals surface area contributed by atoms with E-state index in [0.29, 0.717) is 0 Å². The SMILES string of the molecule is O=C(NC(Cc1ccccc1N1CCCC1)C(=O)O)OCC1c2ccccc2-c2ccccc21. The Morgan fingerprint density at radius 2 is 1.50 bits per heavy atom. The van der Waals surface area contributed by atoms with Crippen LogP contribution >= 0.6 is 0 Å². The van der Waals surface area contributed by atoms with E-state index in [0.717, 1.165) is 59.4 Å². The number of alkyl carbamates (subject to hydrolysis) is 1. The number of ether oxygens (including phenoxy) is 1. The van der Waals surface area contributed by atoms with Crippen LogP contribution in [0.25, 0.3) is 11.1 Å². The van der Waals surface area contributed by atoms with E-state index in [2.05, 4.69) is 34.5 Å². The first-order valence-electron chi connectivity index (χ1n) is 11.8. The third-order valence-electron chi connectivity index (χ3n) is 6.80. The van der Waals surface area contributed by atoms with Gasteiger partial charge in [0.25, 0.3) is 0 Å². The second-order valence-corrected chi connectivity index (χ2v) is 8.89. The van der Waals surface area contributed by atoms with E-state index in [1.165, 1.54) is 0 Å². The van der Waals surface area contributed by atoms with Gasteiger partial charge in [0.1, 0.15) is 12.6 Å². The van der Waals surface area contributed by atoms with Crippen LogP contribution in [0.1, 0.15) is 35.4 Å². The molecule has 2 N–H and O–H groups in total. The van der Waals surface area contributed by atoms with E-state index in [9.17, 15) is 14.7 Å². The molecule has 0 bridgehead atoms. The third kappa shape index (κ3) is 4.36. The summed E-state index contributed by atoms with van der Waals surface area (Å²) in [5, 5.41) is 12.4. The summed E-state index contributed by atoms with van der Waals surface area (Å²) in [6.45, 7) is 2.08. The molecule has 3 aromatic rings. The predicted molar refractivity (Wildman–Crippen MR) is 131 cm³/mol. The fraction of sp³-hybridized carbons (Fsp3) is 0.286. The molecule has 34 heavy (non-hydrogen) atoms. The maximum Gasteiger partial charge on any atom is 0.407 e. The van der Waals surface area contributed by atoms with Crippen LogP contribution < -0.4 is 10.2 Å². The first kappa shape index (κ1) is 22.0. The second kappa shape index (κ2) is 9.59. The van der Waals surface area contributed by atoms with Crippen LogP contribution in [0.4, 0.5) is 10.5 Å². The molecular formula is C28H28N2O4. The quantitative estimate of drug-likeness (QED) is 0.533. The van der Waals surface area contributed by atoms with Gasteiger partial charge in [-0.25, -0.2) is 9.59 Å². The zero-order chi connectivity index (χ0) is 23.5. The fourth-order valence-corrected chi connectivity index (χ4v) is 5.15. The van der Waals surface area contributed by atoms with Gasteiger partial charge in [0.15, 0.2) is 0 Å². The summed E-state index contributed by atoms with van der Waals surface area (Å²) in [7, 11) is 0. The molecule has 0 saturated carbocycles. The van der Waals surface area contributed by atoms with Gasteiger partial charge in [-0.1, -0.05) is 66.7 Å². The molecule has 2 aliphatic rings. The first-order valence-corrected chi connectivity index (χ1v) is 11.8. The highest BCUT2D eigenvalue weighted by Gasteiger charge is 2.30. The van der Waals surface area contributed by atoms with Crippen LogP contribution in [0, 0.1) is 0 Å². The number of rotatable bonds is 7. The molecule has 5 rings (SSSR count). The van der Waals surface area contributed by atoms with Crippen molar-refractivity contribution in [1.82, 2.24) is 5.32 Å². The highest BCUT2D eigenvalue weighted by atomic mass is 16.5. The van der Waals surface area contributed by atoms with Crippen molar-refractivity contribution in [2.75, 3.05) is 24.6 Å². The Hall–Kier alpha value is -3.80. The van der Waals surface area contributed by atoms with Crippen LogP contribution in [0.2, 0.25) is 0 Å². The summed E-state index contributed by atoms with van der Waals surface area (Å²) < 4.78 is 5.56. The molecule has 174 valence electrons. The van der Waals surface area contributed by atoms with E-state index < -0.39 is 18.1 Å². The van der Waals surface area contributed by atoms with Crippen LogP contribution in [-0.2, 0) is 16.0 Å². The third-order valence-corrected chi connectivity index (χ3v) is 6.80. The van der Waals surface area contributed by atoms with Crippen LogP contribution in [0.5, 0.6) is 0 Å². The minimum atomic E-state index is -1.08. The molecule has 6 heteroatoms. The van der Waals surface area contributed by atoms with Crippen molar-refractivity contribution in [2.45, 2.75) is 31.2 Å². The number of aliphatic carboxylic acids is 1. The summed E-state index contributed by atoms with van der Waals surface area (Å²) >= 11 is 0. The van der Waals surface area contributed by atoms with Crippen molar-refractivity contribution in [3.05, 3.63) is 89.5 Å². The maximum atomic E-state index is 12.7. The minimum Gasteiger partial charge on any atom is -0.480 e. The molecule has 1 aliphatic carbocycles. The Kier molecular flexibility index (Phi) is 6.21. The van der Waals surface area contributed by atoms with E-state index in [4.69, 9.17) is 4.74 Å². The van der Waals surface area contributed by atoms with Crippen molar-refractivity contribution < 1.29 is 19.4 Å². The Labute approximate surface area is 199 Å². The summed E-state index contributed by atoms with van der Waals surface area (Å²) in [6, 6.07) is 23.0. The van der Waals surface area contributed by atoms with E-state index in [1.54, 1.807) is 0 Å². The number of nitrogens with one attached hydrogen (secondary N) is 1. The van der Waals surface area contributed by atoms with Crippen molar-refractivity contribution in [1.29, 1.82) is 0 Å². The number of anilines is 1. The molecule has 0 aromatic heterocycles. The average Bonchev–Trinajstić information content (AvgIpc) is 3.49. The lowest BCUT2D eigenvalue weighted by Gasteiger charge is -2.23. The summed E-state index contributed by atoms with van der Waals surface area (Å²) in [6.07, 6.45) is 1.75. The smallest absolute Gasteiger partial charge is 0.407 e. The highest BCUT2D eigenvalue weighted by molar-refractivity contribution is 5.81. The average molecular weight is 457 g/mol. The fourth-order valence-electron chi connectivity index (χ4n) is 5.15. The number of carbonyl (C=O) groups is 2. The number of amides is 1. The maximum absolute atomic E-state index is 12.7. The van der Waals surface area contributed by atoms with Gasteiger partial charge >= 0.3 is 12.1 Å². The summed E-state index contributed by atoms with van der Waals surface area (Å²) in [4.78, 5) is 26.9. The molecular weight excluding hydrogens is 428 g/mol. The van der Waals surface area contributed by atoms with Gasteiger partial charge in [0, 0.05) is 31.1 Å². The van der Waals surface area contributed by atoms with Crippen molar-refractivity contribution in [3.8, 4) is 11.1 Å². The number of carboxylic acid groups (broad SMARTS) is 1. The number of carboxylic acids is 1. The van der Waals surface area contributed by atoms with Gasteiger partial charge in [-0.2, -0.15) is 0 Å². The molecule has 0 radical (unpaired) electrons. The van der Waals surface area contributed by atoms with Crippen molar-refractivity contribution >= 4 is 17.7 Å². The van der Waals surface area contributed by atoms with Crippen LogP contribution in [-0.4, -0.2) is 42.9 Å². The molecule has 1 saturated heterocycles.